The maximum absolute atomic E-state index is 13.9. The minimum absolute atomic E-state index is 0.0162. The number of rotatable bonds is 7. The van der Waals surface area contributed by atoms with Crippen LogP contribution < -0.4 is 15.1 Å². The normalized spacial score (nSPS) is 18.7. The number of fused-ring (bicyclic) bond motifs is 1. The van der Waals surface area contributed by atoms with Crippen molar-refractivity contribution in [3.8, 4) is 0 Å². The van der Waals surface area contributed by atoms with E-state index < -0.39 is 59.8 Å². The number of alkyl halides is 9. The molecule has 5 rings (SSSR count). The molecule has 1 amide bonds. The van der Waals surface area contributed by atoms with Gasteiger partial charge in [0.2, 0.25) is 0 Å². The van der Waals surface area contributed by atoms with Gasteiger partial charge in [0.15, 0.2) is 5.82 Å². The smallest absolute Gasteiger partial charge is 0.416 e. The molecule has 49 heavy (non-hydrogen) atoms. The summed E-state index contributed by atoms with van der Waals surface area (Å²) in [4.78, 5) is 25.1. The Morgan fingerprint density at radius 3 is 2.12 bits per heavy atom. The molecule has 0 unspecified atom stereocenters. The number of nitrogens with one attached hydrogen (secondary N) is 1. The highest BCUT2D eigenvalue weighted by molar-refractivity contribution is 5.90. The van der Waals surface area contributed by atoms with Crippen molar-refractivity contribution in [2.75, 3.05) is 48.0 Å². The molecule has 1 saturated heterocycles. The third-order valence-electron chi connectivity index (χ3n) is 8.30. The number of anilines is 3. The van der Waals surface area contributed by atoms with Crippen LogP contribution in [0.5, 0.6) is 0 Å². The third-order valence-corrected chi connectivity index (χ3v) is 8.30. The van der Waals surface area contributed by atoms with Gasteiger partial charge in [0, 0.05) is 25.6 Å². The van der Waals surface area contributed by atoms with E-state index in [0.717, 1.165) is 12.1 Å². The number of carbonyl (C=O) groups is 1. The van der Waals surface area contributed by atoms with Gasteiger partial charge in [0.05, 0.1) is 60.1 Å². The van der Waals surface area contributed by atoms with Crippen LogP contribution in [-0.2, 0) is 34.4 Å². The zero-order valence-electron chi connectivity index (χ0n) is 26.3. The van der Waals surface area contributed by atoms with Gasteiger partial charge >= 0.3 is 24.6 Å². The van der Waals surface area contributed by atoms with Gasteiger partial charge < -0.3 is 19.7 Å². The first kappa shape index (κ1) is 36.0. The molecule has 0 saturated carbocycles. The lowest BCUT2D eigenvalue weighted by molar-refractivity contribution is -0.143. The van der Waals surface area contributed by atoms with E-state index in [4.69, 9.17) is 9.47 Å². The van der Waals surface area contributed by atoms with Crippen molar-refractivity contribution in [2.45, 2.75) is 63.7 Å². The fourth-order valence-electron chi connectivity index (χ4n) is 5.93. The summed E-state index contributed by atoms with van der Waals surface area (Å²) >= 11 is 0. The molecule has 8 nitrogen and oxygen atoms in total. The van der Waals surface area contributed by atoms with Gasteiger partial charge in [-0.3, -0.25) is 9.88 Å². The Morgan fingerprint density at radius 2 is 1.55 bits per heavy atom. The van der Waals surface area contributed by atoms with Crippen molar-refractivity contribution in [3.05, 3.63) is 76.1 Å². The molecule has 3 heterocycles. The first-order valence-electron chi connectivity index (χ1n) is 15.4. The van der Waals surface area contributed by atoms with Crippen LogP contribution in [0.1, 0.15) is 66.2 Å². The fraction of sp³-hybridized carbons (Fsp3) is 0.469. The second kappa shape index (κ2) is 13.9. The SMILES string of the molecule is CCOC(=O)N1c2ccc(C(F)(F)F)cc2[C@@H](Nc2nc(N3CCOCC3)cnc2Cc2cc(C(F)(F)F)cc(C(F)(F)F)c2)C[C@H]1CC. The fourth-order valence-corrected chi connectivity index (χ4v) is 5.93. The van der Waals surface area contributed by atoms with E-state index in [1.54, 1.807) is 13.8 Å². The van der Waals surface area contributed by atoms with Gasteiger partial charge in [-0.05, 0) is 67.3 Å². The summed E-state index contributed by atoms with van der Waals surface area (Å²) in [7, 11) is 0. The largest absolute Gasteiger partial charge is 0.449 e. The van der Waals surface area contributed by atoms with E-state index in [1.807, 2.05) is 4.90 Å². The predicted molar refractivity (Wildman–Crippen MR) is 160 cm³/mol. The number of benzene rings is 2. The van der Waals surface area contributed by atoms with Gasteiger partial charge in [-0.25, -0.2) is 9.78 Å². The summed E-state index contributed by atoms with van der Waals surface area (Å²) in [6.07, 6.45) is -14.4. The summed E-state index contributed by atoms with van der Waals surface area (Å²) in [6, 6.07) is 2.61. The van der Waals surface area contributed by atoms with Crippen LogP contribution in [-0.4, -0.2) is 55.0 Å². The Labute approximate surface area is 275 Å². The van der Waals surface area contributed by atoms with E-state index in [-0.39, 0.29) is 47.4 Å². The zero-order valence-corrected chi connectivity index (χ0v) is 26.3. The Kier molecular flexibility index (Phi) is 10.2. The second-order valence-electron chi connectivity index (χ2n) is 11.5. The quantitative estimate of drug-likeness (QED) is 0.248. The molecule has 2 atom stereocenters. The molecule has 2 aliphatic heterocycles. The van der Waals surface area contributed by atoms with Gasteiger partial charge in [-0.15, -0.1) is 0 Å². The monoisotopic (exact) mass is 705 g/mol. The molecule has 266 valence electrons. The molecule has 2 aliphatic rings. The molecule has 0 radical (unpaired) electrons. The number of halogens is 9. The molecular weight excluding hydrogens is 673 g/mol. The summed E-state index contributed by atoms with van der Waals surface area (Å²) < 4.78 is 134. The standard InChI is InChI=1S/C32H32F9N5O3/c1-3-22-16-24(23-15-19(30(33,34)35)5-6-26(23)46(22)29(47)49-4-2)43-28-25(42-17-27(44-28)45-7-9-48-10-8-45)13-18-11-20(31(36,37)38)14-21(12-18)32(39,40)41/h5-6,11-12,14-15,17,22,24H,3-4,7-10,13,16H2,1-2H3,(H,43,44)/t22-,24+/m1/s1. The molecule has 3 aromatic rings. The molecule has 0 spiro atoms. The predicted octanol–water partition coefficient (Wildman–Crippen LogP) is 8.26. The summed E-state index contributed by atoms with van der Waals surface area (Å²) in [5.74, 6) is 0.262. The lowest BCUT2D eigenvalue weighted by atomic mass is 9.88. The van der Waals surface area contributed by atoms with Gasteiger partial charge in [-0.1, -0.05) is 6.92 Å². The minimum atomic E-state index is -5.08. The van der Waals surface area contributed by atoms with Crippen molar-refractivity contribution in [3.63, 3.8) is 0 Å². The second-order valence-corrected chi connectivity index (χ2v) is 11.5. The van der Waals surface area contributed by atoms with Crippen LogP contribution in [0.4, 0.5) is 61.6 Å². The number of nitrogens with zero attached hydrogens (tertiary/aromatic N) is 4. The van der Waals surface area contributed by atoms with Crippen LogP contribution in [0.15, 0.2) is 42.6 Å². The summed E-state index contributed by atoms with van der Waals surface area (Å²) in [5.41, 5.74) is -4.19. The van der Waals surface area contributed by atoms with Crippen LogP contribution in [0, 0.1) is 0 Å². The molecular formula is C32H32F9N5O3. The lowest BCUT2D eigenvalue weighted by Crippen LogP contribution is -2.46. The number of ether oxygens (including phenoxy) is 2. The van der Waals surface area contributed by atoms with Crippen molar-refractivity contribution in [1.29, 1.82) is 0 Å². The van der Waals surface area contributed by atoms with Crippen LogP contribution >= 0.6 is 0 Å². The van der Waals surface area contributed by atoms with E-state index in [1.165, 1.54) is 17.2 Å². The Bertz CT molecular complexity index is 1620. The number of hydrogen-bond acceptors (Lipinski definition) is 7. The van der Waals surface area contributed by atoms with Crippen LogP contribution in [0.2, 0.25) is 0 Å². The first-order chi connectivity index (χ1) is 23.0. The molecule has 0 aliphatic carbocycles. The highest BCUT2D eigenvalue weighted by Gasteiger charge is 2.40. The molecule has 1 fully saturated rings. The van der Waals surface area contributed by atoms with Crippen LogP contribution in [0.25, 0.3) is 0 Å². The van der Waals surface area contributed by atoms with Gasteiger partial charge in [0.1, 0.15) is 5.82 Å². The Hall–Kier alpha value is -4.28. The topological polar surface area (TPSA) is 79.8 Å². The maximum Gasteiger partial charge on any atom is 0.416 e. The molecule has 17 heteroatoms. The highest BCUT2D eigenvalue weighted by atomic mass is 19.4. The summed E-state index contributed by atoms with van der Waals surface area (Å²) in [5, 5.41) is 3.11. The van der Waals surface area contributed by atoms with Crippen molar-refractivity contribution >= 4 is 23.4 Å². The maximum atomic E-state index is 13.9. The lowest BCUT2D eigenvalue weighted by Gasteiger charge is -2.40. The number of hydrogen-bond donors (Lipinski definition) is 1. The van der Waals surface area contributed by atoms with E-state index in [2.05, 4.69) is 15.3 Å². The average molecular weight is 706 g/mol. The average Bonchev–Trinajstić information content (AvgIpc) is 3.04. The van der Waals surface area contributed by atoms with Crippen molar-refractivity contribution in [2.24, 2.45) is 0 Å². The Morgan fingerprint density at radius 1 is 0.918 bits per heavy atom. The molecule has 1 N–H and O–H groups in total. The number of aromatic nitrogens is 2. The number of amides is 1. The number of morpholine rings is 1. The molecule has 2 aromatic carbocycles. The van der Waals surface area contributed by atoms with Crippen molar-refractivity contribution < 1.29 is 53.8 Å². The van der Waals surface area contributed by atoms with Gasteiger partial charge in [0.25, 0.3) is 0 Å². The molecule has 1 aromatic heterocycles. The molecule has 0 bridgehead atoms. The minimum Gasteiger partial charge on any atom is -0.449 e. The third kappa shape index (κ3) is 8.13. The Balaban J connectivity index is 1.62. The van der Waals surface area contributed by atoms with Crippen molar-refractivity contribution in [1.82, 2.24) is 9.97 Å². The van der Waals surface area contributed by atoms with E-state index >= 15 is 0 Å². The number of carbonyl (C=O) groups excluding carboxylic acids is 1. The summed E-state index contributed by atoms with van der Waals surface area (Å²) in [6.45, 7) is 4.91. The van der Waals surface area contributed by atoms with E-state index in [0.29, 0.717) is 50.7 Å². The zero-order chi connectivity index (χ0) is 35.7. The van der Waals surface area contributed by atoms with Crippen LogP contribution in [0.3, 0.4) is 0 Å². The highest BCUT2D eigenvalue weighted by Crippen LogP contribution is 2.44. The first-order valence-corrected chi connectivity index (χ1v) is 15.4. The van der Waals surface area contributed by atoms with E-state index in [9.17, 15) is 44.3 Å². The van der Waals surface area contributed by atoms with Gasteiger partial charge in [-0.2, -0.15) is 39.5 Å².